The fourth-order valence-electron chi connectivity index (χ4n) is 4.26. The Balaban J connectivity index is 1.54. The maximum absolute atomic E-state index is 14.1. The van der Waals surface area contributed by atoms with Crippen LogP contribution in [0.25, 0.3) is 0 Å². The van der Waals surface area contributed by atoms with Gasteiger partial charge in [0.05, 0.1) is 6.04 Å². The van der Waals surface area contributed by atoms with E-state index >= 15 is 0 Å². The highest BCUT2D eigenvalue weighted by molar-refractivity contribution is 8.23. The maximum Gasteiger partial charge on any atom is 0.261 e. The average Bonchev–Trinajstić information content (AvgIpc) is 3.30. The molecule has 0 N–H and O–H groups in total. The predicted molar refractivity (Wildman–Crippen MR) is 140 cm³/mol. The quantitative estimate of drug-likeness (QED) is 0.433. The number of rotatable bonds is 4. The van der Waals surface area contributed by atoms with Crippen LogP contribution in [0.2, 0.25) is 0 Å². The Kier molecular flexibility index (Phi) is 6.43. The van der Waals surface area contributed by atoms with E-state index in [1.54, 1.807) is 29.4 Å². The monoisotopic (exact) mass is 482 g/mol. The number of allylic oxidation sites excluding steroid dienone is 1. The SMILES string of the molecule is O=C(c1ccccc1)N1C=C[C@@H](c2ccccc2)C(C(=O)N2C(=S)SC[C@@H]2c2ccccc2)=C1. The van der Waals surface area contributed by atoms with Crippen LogP contribution in [0.15, 0.2) is 115 Å². The highest BCUT2D eigenvalue weighted by atomic mass is 32.2. The van der Waals surface area contributed by atoms with Crippen molar-refractivity contribution in [1.29, 1.82) is 0 Å². The minimum atomic E-state index is -0.279. The van der Waals surface area contributed by atoms with Gasteiger partial charge in [0, 0.05) is 35.2 Å². The van der Waals surface area contributed by atoms with Crippen LogP contribution in [-0.2, 0) is 4.79 Å². The first-order valence-corrected chi connectivity index (χ1v) is 12.4. The molecule has 0 aromatic heterocycles. The lowest BCUT2D eigenvalue weighted by molar-refractivity contribution is -0.124. The summed E-state index contributed by atoms with van der Waals surface area (Å²) in [5, 5.41) is 0. The van der Waals surface area contributed by atoms with Crippen LogP contribution < -0.4 is 0 Å². The van der Waals surface area contributed by atoms with Gasteiger partial charge in [0.15, 0.2) is 0 Å². The first-order chi connectivity index (χ1) is 16.6. The van der Waals surface area contributed by atoms with Crippen LogP contribution >= 0.6 is 24.0 Å². The van der Waals surface area contributed by atoms with Gasteiger partial charge in [-0.2, -0.15) is 0 Å². The Hall–Kier alpha value is -3.48. The van der Waals surface area contributed by atoms with E-state index in [-0.39, 0.29) is 23.8 Å². The molecule has 3 aromatic carbocycles. The summed E-state index contributed by atoms with van der Waals surface area (Å²) >= 11 is 7.13. The normalized spacial score (nSPS) is 19.8. The molecule has 6 heteroatoms. The van der Waals surface area contributed by atoms with E-state index in [2.05, 4.69) is 0 Å². The Morgan fingerprint density at radius 2 is 1.38 bits per heavy atom. The molecule has 0 saturated carbocycles. The van der Waals surface area contributed by atoms with Gasteiger partial charge in [-0.1, -0.05) is 109 Å². The van der Waals surface area contributed by atoms with Crippen molar-refractivity contribution in [3.63, 3.8) is 0 Å². The summed E-state index contributed by atoms with van der Waals surface area (Å²) in [6, 6.07) is 28.7. The van der Waals surface area contributed by atoms with Crippen molar-refractivity contribution in [2.24, 2.45) is 0 Å². The van der Waals surface area contributed by atoms with Crippen molar-refractivity contribution in [3.8, 4) is 0 Å². The summed E-state index contributed by atoms with van der Waals surface area (Å²) < 4.78 is 0.557. The summed E-state index contributed by atoms with van der Waals surface area (Å²) in [5.41, 5.74) is 3.11. The largest absolute Gasteiger partial charge is 0.290 e. The van der Waals surface area contributed by atoms with Crippen LogP contribution in [0, 0.1) is 0 Å². The smallest absolute Gasteiger partial charge is 0.261 e. The van der Waals surface area contributed by atoms with E-state index in [0.29, 0.717) is 21.2 Å². The molecular weight excluding hydrogens is 460 g/mol. The molecule has 0 unspecified atom stereocenters. The number of hydrogen-bond acceptors (Lipinski definition) is 4. The van der Waals surface area contributed by atoms with Crippen molar-refractivity contribution in [2.75, 3.05) is 5.75 Å². The van der Waals surface area contributed by atoms with Crippen LogP contribution in [0.5, 0.6) is 0 Å². The number of hydrogen-bond donors (Lipinski definition) is 0. The van der Waals surface area contributed by atoms with Gasteiger partial charge in [0.25, 0.3) is 11.8 Å². The number of carbonyl (C=O) groups is 2. The van der Waals surface area contributed by atoms with Gasteiger partial charge in [-0.3, -0.25) is 19.4 Å². The molecule has 2 aliphatic heterocycles. The zero-order chi connectivity index (χ0) is 23.5. The zero-order valence-corrected chi connectivity index (χ0v) is 19.9. The maximum atomic E-state index is 14.1. The van der Waals surface area contributed by atoms with Gasteiger partial charge >= 0.3 is 0 Å². The average molecular weight is 483 g/mol. The summed E-state index contributed by atoms with van der Waals surface area (Å²) in [6.07, 6.45) is 5.33. The van der Waals surface area contributed by atoms with Crippen molar-refractivity contribution < 1.29 is 9.59 Å². The predicted octanol–water partition coefficient (Wildman–Crippen LogP) is 5.93. The van der Waals surface area contributed by atoms with Crippen molar-refractivity contribution in [3.05, 3.63) is 132 Å². The number of nitrogens with zero attached hydrogens (tertiary/aromatic N) is 2. The molecule has 3 aromatic rings. The van der Waals surface area contributed by atoms with Gasteiger partial charge in [0.1, 0.15) is 4.32 Å². The molecule has 2 atom stereocenters. The molecule has 0 aliphatic carbocycles. The molecule has 34 heavy (non-hydrogen) atoms. The minimum Gasteiger partial charge on any atom is -0.290 e. The Labute approximate surface area is 208 Å². The molecule has 2 heterocycles. The number of carbonyl (C=O) groups excluding carboxylic acids is 2. The van der Waals surface area contributed by atoms with Gasteiger partial charge in [-0.05, 0) is 23.3 Å². The summed E-state index contributed by atoms with van der Waals surface area (Å²) in [4.78, 5) is 30.4. The zero-order valence-electron chi connectivity index (χ0n) is 18.3. The fraction of sp³-hybridized carbons (Fsp3) is 0.107. The van der Waals surface area contributed by atoms with Crippen LogP contribution in [0.3, 0.4) is 0 Å². The highest BCUT2D eigenvalue weighted by Crippen LogP contribution is 2.39. The summed E-state index contributed by atoms with van der Waals surface area (Å²) in [7, 11) is 0. The molecule has 0 radical (unpaired) electrons. The highest BCUT2D eigenvalue weighted by Gasteiger charge is 2.39. The van der Waals surface area contributed by atoms with Crippen LogP contribution in [0.4, 0.5) is 0 Å². The van der Waals surface area contributed by atoms with Crippen LogP contribution in [0.1, 0.15) is 33.4 Å². The third kappa shape index (κ3) is 4.34. The molecule has 2 aliphatic rings. The van der Waals surface area contributed by atoms with Crippen molar-refractivity contribution in [1.82, 2.24) is 9.80 Å². The van der Waals surface area contributed by atoms with E-state index < -0.39 is 0 Å². The van der Waals surface area contributed by atoms with E-state index in [0.717, 1.165) is 11.1 Å². The second-order valence-electron chi connectivity index (χ2n) is 8.07. The lowest BCUT2D eigenvalue weighted by Gasteiger charge is -2.30. The Morgan fingerprint density at radius 3 is 2.03 bits per heavy atom. The third-order valence-electron chi connectivity index (χ3n) is 5.99. The van der Waals surface area contributed by atoms with E-state index in [4.69, 9.17) is 12.2 Å². The number of thiocarbonyl (C=S) groups is 1. The summed E-state index contributed by atoms with van der Waals surface area (Å²) in [6.45, 7) is 0. The second kappa shape index (κ2) is 9.79. The van der Waals surface area contributed by atoms with E-state index in [1.807, 2.05) is 84.9 Å². The Bertz CT molecular complexity index is 1270. The Morgan fingerprint density at radius 1 is 0.794 bits per heavy atom. The van der Waals surface area contributed by atoms with Gasteiger partial charge in [-0.15, -0.1) is 0 Å². The van der Waals surface area contributed by atoms with E-state index in [1.165, 1.54) is 16.7 Å². The molecule has 1 saturated heterocycles. The molecule has 4 nitrogen and oxygen atoms in total. The molecule has 168 valence electrons. The lowest BCUT2D eigenvalue weighted by Crippen LogP contribution is -2.37. The summed E-state index contributed by atoms with van der Waals surface area (Å²) in [5.74, 6) is 0.0679. The minimum absolute atomic E-state index is 0.146. The number of amides is 2. The number of benzene rings is 3. The fourth-order valence-corrected chi connectivity index (χ4v) is 5.66. The van der Waals surface area contributed by atoms with Crippen molar-refractivity contribution in [2.45, 2.75) is 12.0 Å². The molecule has 2 amide bonds. The molecule has 0 spiro atoms. The molecular formula is C28H22N2O2S2. The molecule has 5 rings (SSSR count). The first kappa shape index (κ1) is 22.3. The van der Waals surface area contributed by atoms with Gasteiger partial charge in [0.2, 0.25) is 0 Å². The topological polar surface area (TPSA) is 40.6 Å². The van der Waals surface area contributed by atoms with Crippen molar-refractivity contribution >= 4 is 40.1 Å². The molecule has 1 fully saturated rings. The standard InChI is InChI=1S/C28H22N2O2S2/c31-26(22-14-8-3-9-15-22)29-17-16-23(20-10-4-1-5-11-20)24(18-29)27(32)30-25(19-34-28(30)33)21-12-6-2-7-13-21/h1-18,23,25H,19H2/t23-,25+/m0/s1. The van der Waals surface area contributed by atoms with Gasteiger partial charge < -0.3 is 0 Å². The second-order valence-corrected chi connectivity index (χ2v) is 9.73. The molecule has 0 bridgehead atoms. The third-order valence-corrected chi connectivity index (χ3v) is 7.47. The lowest BCUT2D eigenvalue weighted by atomic mass is 9.88. The first-order valence-electron chi connectivity index (χ1n) is 11.0. The van der Waals surface area contributed by atoms with E-state index in [9.17, 15) is 9.59 Å². The van der Waals surface area contributed by atoms with Gasteiger partial charge in [-0.25, -0.2) is 0 Å². The number of thioether (sulfide) groups is 1. The van der Waals surface area contributed by atoms with Crippen LogP contribution in [-0.4, -0.2) is 31.7 Å².